The molecule has 3 aliphatic rings. The largest absolute Gasteiger partial charge is 0.490 e. The van der Waals surface area contributed by atoms with Crippen LogP contribution in [0.5, 0.6) is 5.75 Å². The predicted molar refractivity (Wildman–Crippen MR) is 97.5 cm³/mol. The highest BCUT2D eigenvalue weighted by molar-refractivity contribution is 6.30. The molecule has 3 fully saturated rings. The van der Waals surface area contributed by atoms with Crippen molar-refractivity contribution in [2.75, 3.05) is 6.61 Å². The second-order valence-electron chi connectivity index (χ2n) is 7.45. The molecule has 0 unspecified atom stereocenters. The summed E-state index contributed by atoms with van der Waals surface area (Å²) in [7, 11) is 0. The number of carboxylic acids is 1. The predicted octanol–water partition coefficient (Wildman–Crippen LogP) is 2.38. The van der Waals surface area contributed by atoms with Crippen LogP contribution in [0.2, 0.25) is 5.02 Å². The van der Waals surface area contributed by atoms with Crippen LogP contribution in [0.25, 0.3) is 0 Å². The first-order valence-corrected chi connectivity index (χ1v) is 9.30. The molecule has 1 aromatic carbocycles. The van der Waals surface area contributed by atoms with Crippen LogP contribution in [0.3, 0.4) is 0 Å². The lowest BCUT2D eigenvalue weighted by molar-refractivity contribution is -0.192. The first-order valence-electron chi connectivity index (χ1n) is 8.92. The number of aliphatic hydroxyl groups is 1. The number of amides is 1. The van der Waals surface area contributed by atoms with Crippen molar-refractivity contribution in [3.05, 3.63) is 29.0 Å². The Morgan fingerprint density at radius 2 is 1.83 bits per heavy atom. The van der Waals surface area contributed by atoms with E-state index in [2.05, 4.69) is 5.32 Å². The summed E-state index contributed by atoms with van der Waals surface area (Å²) in [4.78, 5) is 21.0. The number of benzene rings is 1. The topological polar surface area (TPSA) is 122 Å². The van der Waals surface area contributed by atoms with E-state index in [1.807, 2.05) is 0 Å². The zero-order chi connectivity index (χ0) is 22.7. The molecular formula is C18H21ClF4N2O5. The molecule has 1 aromatic rings. The zero-order valence-electron chi connectivity index (χ0n) is 15.6. The van der Waals surface area contributed by atoms with Crippen molar-refractivity contribution in [2.24, 2.45) is 5.73 Å². The van der Waals surface area contributed by atoms with E-state index in [1.54, 1.807) is 0 Å². The number of hydrogen-bond donors (Lipinski definition) is 4. The van der Waals surface area contributed by atoms with Crippen LogP contribution >= 0.6 is 11.6 Å². The summed E-state index contributed by atoms with van der Waals surface area (Å²) in [5.41, 5.74) is 5.24. The van der Waals surface area contributed by atoms with Crippen molar-refractivity contribution in [3.63, 3.8) is 0 Å². The number of hydrogen-bond acceptors (Lipinski definition) is 5. The third kappa shape index (κ3) is 5.96. The second-order valence-corrected chi connectivity index (χ2v) is 7.86. The Bertz CT molecular complexity index is 797. The molecule has 5 N–H and O–H groups in total. The standard InChI is InChI=1S/C16H20ClFN2O3.C2HF3O2/c17-11-2-1-10(7-12(11)18)23-9-14(22)20-15-3-5-16(19,6-4-15)13(21)8-15;3-2(4,5)1(6)7/h1-2,7,13,21H,3-6,8-9,19H2,(H,20,22);(H,6,7)/t13-,15?,16?;/m1./s1. The quantitative estimate of drug-likeness (QED) is 0.516. The van der Waals surface area contributed by atoms with Crippen LogP contribution in [-0.4, -0.2) is 52.1 Å². The smallest absolute Gasteiger partial charge is 0.484 e. The van der Waals surface area contributed by atoms with Gasteiger partial charge in [-0.2, -0.15) is 13.2 Å². The Labute approximate surface area is 174 Å². The van der Waals surface area contributed by atoms with Gasteiger partial charge < -0.3 is 26.0 Å². The van der Waals surface area contributed by atoms with Crippen LogP contribution in [0, 0.1) is 5.82 Å². The fraction of sp³-hybridized carbons (Fsp3) is 0.556. The molecule has 30 heavy (non-hydrogen) atoms. The Morgan fingerprint density at radius 1 is 1.27 bits per heavy atom. The summed E-state index contributed by atoms with van der Waals surface area (Å²) >= 11 is 5.59. The fourth-order valence-electron chi connectivity index (χ4n) is 3.53. The number of carbonyl (C=O) groups excluding carboxylic acids is 1. The minimum atomic E-state index is -5.08. The average molecular weight is 457 g/mol. The Kier molecular flexibility index (Phi) is 7.20. The van der Waals surface area contributed by atoms with E-state index in [0.29, 0.717) is 19.3 Å². The van der Waals surface area contributed by atoms with E-state index >= 15 is 0 Å². The monoisotopic (exact) mass is 456 g/mol. The van der Waals surface area contributed by atoms with Crippen molar-refractivity contribution in [3.8, 4) is 5.75 Å². The van der Waals surface area contributed by atoms with Gasteiger partial charge in [0.1, 0.15) is 11.6 Å². The molecule has 4 rings (SSSR count). The van der Waals surface area contributed by atoms with E-state index in [9.17, 15) is 27.5 Å². The lowest BCUT2D eigenvalue weighted by Gasteiger charge is -2.54. The highest BCUT2D eigenvalue weighted by Crippen LogP contribution is 2.45. The average Bonchev–Trinajstić information content (AvgIpc) is 2.64. The van der Waals surface area contributed by atoms with Crippen molar-refractivity contribution < 1.29 is 42.1 Å². The Hall–Kier alpha value is -2.11. The molecule has 0 saturated heterocycles. The SMILES string of the molecule is NC12CCC(NC(=O)COc3ccc(Cl)c(F)c3)(CC1)C[C@H]2O.O=C(O)C(F)(F)F. The maximum absolute atomic E-state index is 13.3. The summed E-state index contributed by atoms with van der Waals surface area (Å²) in [6.45, 7) is -0.216. The second kappa shape index (κ2) is 8.94. The number of halogens is 5. The highest BCUT2D eigenvalue weighted by atomic mass is 35.5. The Morgan fingerprint density at radius 3 is 2.30 bits per heavy atom. The van der Waals surface area contributed by atoms with Gasteiger partial charge in [-0.15, -0.1) is 0 Å². The van der Waals surface area contributed by atoms with E-state index in [-0.39, 0.29) is 23.3 Å². The van der Waals surface area contributed by atoms with Crippen LogP contribution in [0.1, 0.15) is 32.1 Å². The van der Waals surface area contributed by atoms with Gasteiger partial charge in [-0.1, -0.05) is 11.6 Å². The van der Waals surface area contributed by atoms with E-state index in [4.69, 9.17) is 32.0 Å². The van der Waals surface area contributed by atoms with Gasteiger partial charge in [0.2, 0.25) is 0 Å². The lowest BCUT2D eigenvalue weighted by Crippen LogP contribution is -2.68. The highest BCUT2D eigenvalue weighted by Gasteiger charge is 2.52. The minimum absolute atomic E-state index is 0.00403. The molecule has 7 nitrogen and oxygen atoms in total. The van der Waals surface area contributed by atoms with Crippen LogP contribution in [0.4, 0.5) is 17.6 Å². The number of nitrogens with one attached hydrogen (secondary N) is 1. The van der Waals surface area contributed by atoms with Gasteiger partial charge in [-0.05, 0) is 44.2 Å². The molecule has 0 aromatic heterocycles. The van der Waals surface area contributed by atoms with Gasteiger partial charge in [0.25, 0.3) is 5.91 Å². The first-order chi connectivity index (χ1) is 13.8. The number of carboxylic acid groups (broad SMARTS) is 1. The fourth-order valence-corrected chi connectivity index (χ4v) is 3.65. The summed E-state index contributed by atoms with van der Waals surface area (Å²) < 4.78 is 50.4. The van der Waals surface area contributed by atoms with Crippen LogP contribution in [0.15, 0.2) is 18.2 Å². The molecule has 168 valence electrons. The molecule has 0 aliphatic heterocycles. The number of aliphatic hydroxyl groups excluding tert-OH is 1. The van der Waals surface area contributed by atoms with Gasteiger partial charge in [0.15, 0.2) is 6.61 Å². The molecule has 1 atom stereocenters. The van der Waals surface area contributed by atoms with Gasteiger partial charge in [-0.25, -0.2) is 9.18 Å². The molecule has 2 bridgehead atoms. The maximum Gasteiger partial charge on any atom is 0.490 e. The third-order valence-corrected chi connectivity index (χ3v) is 5.60. The van der Waals surface area contributed by atoms with Gasteiger partial charge in [0, 0.05) is 17.1 Å². The van der Waals surface area contributed by atoms with Gasteiger partial charge in [-0.3, -0.25) is 4.79 Å². The Balaban J connectivity index is 0.000000396. The maximum atomic E-state index is 13.3. The third-order valence-electron chi connectivity index (χ3n) is 5.29. The summed E-state index contributed by atoms with van der Waals surface area (Å²) in [6, 6.07) is 4.02. The molecule has 12 heteroatoms. The van der Waals surface area contributed by atoms with Crippen molar-refractivity contribution >= 4 is 23.5 Å². The van der Waals surface area contributed by atoms with Crippen LogP contribution < -0.4 is 15.8 Å². The van der Waals surface area contributed by atoms with Crippen molar-refractivity contribution in [2.45, 2.75) is 55.5 Å². The summed E-state index contributed by atoms with van der Waals surface area (Å²) in [5.74, 6) is -3.40. The normalized spacial score (nSPS) is 27.6. The number of aliphatic carboxylic acids is 1. The lowest BCUT2D eigenvalue weighted by atomic mass is 9.60. The van der Waals surface area contributed by atoms with E-state index in [1.165, 1.54) is 12.1 Å². The number of alkyl halides is 3. The number of fused-ring (bicyclic) bond motifs is 3. The molecule has 0 heterocycles. The molecule has 0 radical (unpaired) electrons. The summed E-state index contributed by atoms with van der Waals surface area (Å²) in [6.07, 6.45) is -2.33. The van der Waals surface area contributed by atoms with Crippen molar-refractivity contribution in [1.29, 1.82) is 0 Å². The molecule has 3 saturated carbocycles. The number of ether oxygens (including phenoxy) is 1. The van der Waals surface area contributed by atoms with Crippen molar-refractivity contribution in [1.82, 2.24) is 5.32 Å². The molecule has 0 spiro atoms. The zero-order valence-corrected chi connectivity index (χ0v) is 16.4. The number of carbonyl (C=O) groups is 2. The van der Waals surface area contributed by atoms with E-state index in [0.717, 1.165) is 18.9 Å². The molecule has 3 aliphatic carbocycles. The van der Waals surface area contributed by atoms with E-state index < -0.39 is 35.1 Å². The number of rotatable bonds is 4. The first kappa shape index (κ1) is 24.2. The minimum Gasteiger partial charge on any atom is -0.484 e. The van der Waals surface area contributed by atoms with Crippen LogP contribution in [-0.2, 0) is 9.59 Å². The van der Waals surface area contributed by atoms with Gasteiger partial charge >= 0.3 is 12.1 Å². The van der Waals surface area contributed by atoms with Gasteiger partial charge in [0.05, 0.1) is 11.1 Å². The number of nitrogens with two attached hydrogens (primary N) is 1. The summed E-state index contributed by atoms with van der Waals surface area (Å²) in [5, 5.41) is 20.2. The molecule has 1 amide bonds. The molecular weight excluding hydrogens is 436 g/mol.